The molecule has 1 aliphatic heterocycles. The molecule has 0 spiro atoms. The summed E-state index contributed by atoms with van der Waals surface area (Å²) in [4.78, 5) is 29.5. The number of ketones is 1. The Hall–Kier alpha value is -2.52. The van der Waals surface area contributed by atoms with Crippen molar-refractivity contribution in [2.75, 3.05) is 39.4 Å². The largest absolute Gasteiger partial charge is 0.506 e. The molecule has 8 heteroatoms. The second kappa shape index (κ2) is 9.74. The minimum Gasteiger partial charge on any atom is -0.506 e. The van der Waals surface area contributed by atoms with Crippen molar-refractivity contribution in [1.29, 1.82) is 0 Å². The standard InChI is InChI=1S/C23H27N3O4S/c1-25-18-6-3-2-5-16(18)22(28)21(23(25)29)19(27)15-17(20-7-4-14-31-20)24-8-9-26-10-12-30-13-11-26/h2-7,14,17,24,28H,8-13,15H2,1H3/t17-/m0/s1. The molecule has 0 saturated carbocycles. The van der Waals surface area contributed by atoms with Gasteiger partial charge in [0, 0.05) is 56.0 Å². The van der Waals surface area contributed by atoms with Crippen molar-refractivity contribution in [3.05, 3.63) is 62.6 Å². The van der Waals surface area contributed by atoms with Crippen LogP contribution in [-0.2, 0) is 11.8 Å². The van der Waals surface area contributed by atoms with Crippen LogP contribution in [0, 0.1) is 0 Å². The maximum Gasteiger partial charge on any atom is 0.265 e. The highest BCUT2D eigenvalue weighted by Gasteiger charge is 2.25. The van der Waals surface area contributed by atoms with Gasteiger partial charge in [0.2, 0.25) is 0 Å². The summed E-state index contributed by atoms with van der Waals surface area (Å²) in [7, 11) is 1.62. The first-order valence-corrected chi connectivity index (χ1v) is 11.3. The molecule has 4 rings (SSSR count). The number of hydrogen-bond donors (Lipinski definition) is 2. The topological polar surface area (TPSA) is 83.8 Å². The van der Waals surface area contributed by atoms with E-state index >= 15 is 0 Å². The zero-order valence-corrected chi connectivity index (χ0v) is 18.4. The van der Waals surface area contributed by atoms with E-state index in [1.165, 1.54) is 4.57 Å². The maximum absolute atomic E-state index is 13.2. The van der Waals surface area contributed by atoms with E-state index in [1.807, 2.05) is 17.5 Å². The van der Waals surface area contributed by atoms with Gasteiger partial charge >= 0.3 is 0 Å². The molecule has 0 radical (unpaired) electrons. The Morgan fingerprint density at radius 1 is 1.23 bits per heavy atom. The Bertz CT molecular complexity index is 1100. The number of nitrogens with zero attached hydrogens (tertiary/aromatic N) is 2. The van der Waals surface area contributed by atoms with Gasteiger partial charge in [0.1, 0.15) is 11.3 Å². The molecule has 3 heterocycles. The number of para-hydroxylation sites is 1. The maximum atomic E-state index is 13.2. The van der Waals surface area contributed by atoms with Crippen LogP contribution in [0.5, 0.6) is 5.75 Å². The summed E-state index contributed by atoms with van der Waals surface area (Å²) in [6.07, 6.45) is 0.102. The number of ether oxygens (including phenoxy) is 1. The van der Waals surface area contributed by atoms with Crippen LogP contribution in [0.15, 0.2) is 46.6 Å². The van der Waals surface area contributed by atoms with Gasteiger partial charge in [-0.3, -0.25) is 14.5 Å². The quantitative estimate of drug-likeness (QED) is 0.523. The zero-order chi connectivity index (χ0) is 21.8. The Morgan fingerprint density at radius 3 is 2.74 bits per heavy atom. The number of aromatic hydroxyl groups is 1. The monoisotopic (exact) mass is 441 g/mol. The summed E-state index contributed by atoms with van der Waals surface area (Å²) < 4.78 is 6.81. The number of Topliss-reactive ketones (excluding diaryl/α,β-unsaturated/α-hetero) is 1. The minimum absolute atomic E-state index is 0.102. The molecule has 7 nitrogen and oxygen atoms in total. The summed E-state index contributed by atoms with van der Waals surface area (Å²) in [6.45, 7) is 4.89. The van der Waals surface area contributed by atoms with Gasteiger partial charge in [-0.1, -0.05) is 18.2 Å². The van der Waals surface area contributed by atoms with E-state index in [0.717, 1.165) is 44.3 Å². The van der Waals surface area contributed by atoms with E-state index in [4.69, 9.17) is 4.74 Å². The van der Waals surface area contributed by atoms with Gasteiger partial charge < -0.3 is 19.7 Å². The molecular weight excluding hydrogens is 414 g/mol. The van der Waals surface area contributed by atoms with Crippen molar-refractivity contribution in [2.24, 2.45) is 7.05 Å². The van der Waals surface area contributed by atoms with Gasteiger partial charge in [-0.05, 0) is 23.6 Å². The van der Waals surface area contributed by atoms with Crippen molar-refractivity contribution in [3.63, 3.8) is 0 Å². The number of thiophene rings is 1. The van der Waals surface area contributed by atoms with E-state index in [2.05, 4.69) is 10.2 Å². The Labute approximate surface area is 184 Å². The minimum atomic E-state index is -0.473. The summed E-state index contributed by atoms with van der Waals surface area (Å²) in [5.74, 6) is -0.594. The van der Waals surface area contributed by atoms with Crippen LogP contribution in [0.4, 0.5) is 0 Å². The number of hydrogen-bond acceptors (Lipinski definition) is 7. The smallest absolute Gasteiger partial charge is 0.265 e. The highest BCUT2D eigenvalue weighted by atomic mass is 32.1. The van der Waals surface area contributed by atoms with Crippen LogP contribution in [0.1, 0.15) is 27.7 Å². The molecular formula is C23H27N3O4S. The van der Waals surface area contributed by atoms with Gasteiger partial charge in [0.05, 0.1) is 18.7 Å². The number of morpholine rings is 1. The Kier molecular flexibility index (Phi) is 6.82. The number of nitrogens with one attached hydrogen (secondary N) is 1. The van der Waals surface area contributed by atoms with E-state index in [9.17, 15) is 14.7 Å². The molecule has 2 N–H and O–H groups in total. The van der Waals surface area contributed by atoms with E-state index in [0.29, 0.717) is 10.9 Å². The summed E-state index contributed by atoms with van der Waals surface area (Å²) in [5, 5.41) is 16.7. The van der Waals surface area contributed by atoms with Gasteiger partial charge in [-0.25, -0.2) is 0 Å². The van der Waals surface area contributed by atoms with Crippen LogP contribution in [0.2, 0.25) is 0 Å². The molecule has 1 fully saturated rings. The molecule has 0 unspecified atom stereocenters. The van der Waals surface area contributed by atoms with Gasteiger partial charge in [0.25, 0.3) is 5.56 Å². The van der Waals surface area contributed by atoms with Crippen molar-refractivity contribution >= 4 is 28.0 Å². The third-order valence-electron chi connectivity index (χ3n) is 5.75. The van der Waals surface area contributed by atoms with E-state index in [1.54, 1.807) is 42.6 Å². The number of carbonyl (C=O) groups excluding carboxylic acids is 1. The SMILES string of the molecule is Cn1c(=O)c(C(=O)C[C@H](NCCN2CCOCC2)c2cccs2)c(O)c2ccccc21. The second-order valence-electron chi connectivity index (χ2n) is 7.71. The lowest BCUT2D eigenvalue weighted by molar-refractivity contribution is 0.0381. The van der Waals surface area contributed by atoms with E-state index in [-0.39, 0.29) is 29.6 Å². The Balaban J connectivity index is 1.54. The van der Waals surface area contributed by atoms with E-state index < -0.39 is 5.56 Å². The number of benzene rings is 1. The predicted molar refractivity (Wildman–Crippen MR) is 122 cm³/mol. The van der Waals surface area contributed by atoms with Crippen molar-refractivity contribution in [2.45, 2.75) is 12.5 Å². The third kappa shape index (κ3) is 4.72. The molecule has 31 heavy (non-hydrogen) atoms. The molecule has 1 saturated heterocycles. The lowest BCUT2D eigenvalue weighted by atomic mass is 10.0. The van der Waals surface area contributed by atoms with Crippen LogP contribution < -0.4 is 10.9 Å². The summed E-state index contributed by atoms with van der Waals surface area (Å²) in [5.41, 5.74) is -0.0165. The molecule has 1 aliphatic rings. The number of fused-ring (bicyclic) bond motifs is 1. The summed E-state index contributed by atoms with van der Waals surface area (Å²) in [6, 6.07) is 10.8. The van der Waals surface area contributed by atoms with Crippen molar-refractivity contribution in [3.8, 4) is 5.75 Å². The van der Waals surface area contributed by atoms with Crippen LogP contribution >= 0.6 is 11.3 Å². The average molecular weight is 442 g/mol. The fourth-order valence-corrected chi connectivity index (χ4v) is 4.81. The lowest BCUT2D eigenvalue weighted by Crippen LogP contribution is -2.41. The number of aryl methyl sites for hydroxylation is 1. The number of carbonyl (C=O) groups is 1. The van der Waals surface area contributed by atoms with Crippen LogP contribution in [0.3, 0.4) is 0 Å². The molecule has 3 aromatic rings. The lowest BCUT2D eigenvalue weighted by Gasteiger charge is -2.27. The van der Waals surface area contributed by atoms with Crippen LogP contribution in [0.25, 0.3) is 10.9 Å². The predicted octanol–water partition coefficient (Wildman–Crippen LogP) is 2.54. The number of pyridine rings is 1. The highest BCUT2D eigenvalue weighted by molar-refractivity contribution is 7.10. The molecule has 1 atom stereocenters. The summed E-state index contributed by atoms with van der Waals surface area (Å²) >= 11 is 1.57. The normalized spacial score (nSPS) is 15.9. The molecule has 2 aromatic heterocycles. The van der Waals surface area contributed by atoms with Gasteiger partial charge in [-0.15, -0.1) is 11.3 Å². The average Bonchev–Trinajstić information content (AvgIpc) is 3.33. The fourth-order valence-electron chi connectivity index (χ4n) is 4.00. The van der Waals surface area contributed by atoms with Gasteiger partial charge in [-0.2, -0.15) is 0 Å². The first kappa shape index (κ1) is 21.7. The van der Waals surface area contributed by atoms with Crippen molar-refractivity contribution in [1.82, 2.24) is 14.8 Å². The molecule has 1 aromatic carbocycles. The fraction of sp³-hybridized carbons (Fsp3) is 0.391. The Morgan fingerprint density at radius 2 is 2.00 bits per heavy atom. The first-order valence-electron chi connectivity index (χ1n) is 10.5. The second-order valence-corrected chi connectivity index (χ2v) is 8.69. The molecule has 0 bridgehead atoms. The van der Waals surface area contributed by atoms with Crippen LogP contribution in [-0.4, -0.2) is 59.7 Å². The number of aromatic nitrogens is 1. The third-order valence-corrected chi connectivity index (χ3v) is 6.74. The van der Waals surface area contributed by atoms with Crippen molar-refractivity contribution < 1.29 is 14.6 Å². The highest BCUT2D eigenvalue weighted by Crippen LogP contribution is 2.29. The zero-order valence-electron chi connectivity index (χ0n) is 17.5. The molecule has 164 valence electrons. The molecule has 0 amide bonds. The first-order chi connectivity index (χ1) is 15.1. The number of rotatable bonds is 8. The molecule has 0 aliphatic carbocycles. The van der Waals surface area contributed by atoms with Gasteiger partial charge in [0.15, 0.2) is 5.78 Å².